The van der Waals surface area contributed by atoms with Crippen molar-refractivity contribution in [2.75, 3.05) is 18.0 Å². The average molecular weight is 231 g/mol. The van der Waals surface area contributed by atoms with Crippen molar-refractivity contribution in [1.82, 2.24) is 0 Å². The quantitative estimate of drug-likeness (QED) is 0.618. The summed E-state index contributed by atoms with van der Waals surface area (Å²) in [4.78, 5) is 2.43. The van der Waals surface area contributed by atoms with Gasteiger partial charge in [0.25, 0.3) is 0 Å². The van der Waals surface area contributed by atoms with Crippen LogP contribution in [0.4, 0.5) is 5.69 Å². The van der Waals surface area contributed by atoms with Crippen LogP contribution < -0.4 is 10.6 Å². The molecule has 0 aliphatic carbocycles. The lowest BCUT2D eigenvalue weighted by Gasteiger charge is -2.31. The lowest BCUT2D eigenvalue weighted by molar-refractivity contribution is 0.671. The van der Waals surface area contributed by atoms with Gasteiger partial charge >= 0.3 is 0 Å². The van der Waals surface area contributed by atoms with Crippen LogP contribution in [-0.2, 0) is 6.42 Å². The van der Waals surface area contributed by atoms with Gasteiger partial charge in [-0.05, 0) is 37.8 Å². The van der Waals surface area contributed by atoms with E-state index in [0.29, 0.717) is 12.3 Å². The topological polar surface area (TPSA) is 53.1 Å². The van der Waals surface area contributed by atoms with Crippen LogP contribution in [0.2, 0.25) is 0 Å². The minimum atomic E-state index is 0.297. The fourth-order valence-corrected chi connectivity index (χ4v) is 2.50. The van der Waals surface area contributed by atoms with E-state index in [1.807, 2.05) is 0 Å². The smallest absolute Gasteiger partial charge is 0.0905 e. The third kappa shape index (κ3) is 2.99. The van der Waals surface area contributed by atoms with Crippen LogP contribution in [0, 0.1) is 12.3 Å². The van der Waals surface area contributed by atoms with Gasteiger partial charge in [0.15, 0.2) is 0 Å². The van der Waals surface area contributed by atoms with Gasteiger partial charge in [0.1, 0.15) is 0 Å². The highest BCUT2D eigenvalue weighted by molar-refractivity contribution is 5.76. The summed E-state index contributed by atoms with van der Waals surface area (Å²) >= 11 is 0. The number of fused-ring (bicyclic) bond motifs is 1. The molecule has 0 radical (unpaired) electrons. The predicted molar refractivity (Wildman–Crippen MR) is 72.9 cm³/mol. The summed E-state index contributed by atoms with van der Waals surface area (Å²) in [6.07, 6.45) is 4.11. The van der Waals surface area contributed by atoms with Gasteiger partial charge in [-0.1, -0.05) is 17.7 Å². The summed E-state index contributed by atoms with van der Waals surface area (Å²) in [5.74, 6) is 0.297. The number of nitrogens with two attached hydrogens (primary N) is 1. The van der Waals surface area contributed by atoms with Crippen molar-refractivity contribution in [3.05, 3.63) is 29.3 Å². The first-order valence-electron chi connectivity index (χ1n) is 6.34. The molecule has 1 aliphatic rings. The minimum Gasteiger partial charge on any atom is -0.388 e. The normalized spacial score (nSPS) is 14.5. The highest BCUT2D eigenvalue weighted by Crippen LogP contribution is 2.27. The Bertz CT molecular complexity index is 412. The molecule has 3 N–H and O–H groups in total. The summed E-state index contributed by atoms with van der Waals surface area (Å²) in [7, 11) is 0. The number of hydrogen-bond acceptors (Lipinski definition) is 2. The molecular formula is C14H21N3. The highest BCUT2D eigenvalue weighted by Gasteiger charge is 2.16. The Morgan fingerprint density at radius 2 is 2.29 bits per heavy atom. The zero-order valence-electron chi connectivity index (χ0n) is 10.5. The molecular weight excluding hydrogens is 210 g/mol. The lowest BCUT2D eigenvalue weighted by atomic mass is 9.99. The molecule has 1 heterocycles. The molecule has 0 amide bonds. The number of anilines is 1. The average Bonchev–Trinajstić information content (AvgIpc) is 2.28. The van der Waals surface area contributed by atoms with Crippen molar-refractivity contribution in [3.63, 3.8) is 0 Å². The zero-order valence-corrected chi connectivity index (χ0v) is 10.5. The van der Waals surface area contributed by atoms with Crippen LogP contribution in [0.15, 0.2) is 18.2 Å². The van der Waals surface area contributed by atoms with E-state index in [1.165, 1.54) is 29.7 Å². The van der Waals surface area contributed by atoms with E-state index in [4.69, 9.17) is 11.1 Å². The summed E-state index contributed by atoms with van der Waals surface area (Å²) in [6, 6.07) is 6.71. The summed E-state index contributed by atoms with van der Waals surface area (Å²) in [6.45, 7) is 4.29. The SMILES string of the molecule is Cc1ccc2c(c1)CCCN2CCCC(=N)N. The number of nitrogens with zero attached hydrogens (tertiary/aromatic N) is 1. The first-order valence-corrected chi connectivity index (χ1v) is 6.34. The highest BCUT2D eigenvalue weighted by atomic mass is 15.1. The molecule has 3 nitrogen and oxygen atoms in total. The van der Waals surface area contributed by atoms with E-state index in [2.05, 4.69) is 30.0 Å². The second kappa shape index (κ2) is 5.21. The molecule has 0 fully saturated rings. The van der Waals surface area contributed by atoms with Crippen LogP contribution in [0.5, 0.6) is 0 Å². The molecule has 0 atom stereocenters. The molecule has 0 saturated carbocycles. The van der Waals surface area contributed by atoms with Gasteiger partial charge in [-0.2, -0.15) is 0 Å². The Balaban J connectivity index is 2.04. The maximum Gasteiger partial charge on any atom is 0.0905 e. The number of hydrogen-bond donors (Lipinski definition) is 2. The van der Waals surface area contributed by atoms with Gasteiger partial charge in [0.2, 0.25) is 0 Å². The summed E-state index contributed by atoms with van der Waals surface area (Å²) in [5.41, 5.74) is 9.58. The van der Waals surface area contributed by atoms with E-state index in [-0.39, 0.29) is 0 Å². The van der Waals surface area contributed by atoms with Gasteiger partial charge in [0, 0.05) is 25.2 Å². The van der Waals surface area contributed by atoms with Crippen LogP contribution in [0.25, 0.3) is 0 Å². The van der Waals surface area contributed by atoms with E-state index in [9.17, 15) is 0 Å². The summed E-state index contributed by atoms with van der Waals surface area (Å²) in [5, 5.41) is 7.24. The molecule has 3 heteroatoms. The first kappa shape index (κ1) is 12.0. The molecule has 0 spiro atoms. The van der Waals surface area contributed by atoms with Crippen molar-refractivity contribution in [1.29, 1.82) is 5.41 Å². The molecule has 0 saturated heterocycles. The third-order valence-electron chi connectivity index (χ3n) is 3.32. The van der Waals surface area contributed by atoms with Crippen molar-refractivity contribution in [2.24, 2.45) is 5.73 Å². The lowest BCUT2D eigenvalue weighted by Crippen LogP contribution is -2.30. The molecule has 1 aromatic carbocycles. The third-order valence-corrected chi connectivity index (χ3v) is 3.32. The molecule has 0 unspecified atom stereocenters. The first-order chi connectivity index (χ1) is 8.16. The van der Waals surface area contributed by atoms with Crippen LogP contribution in [-0.4, -0.2) is 18.9 Å². The second-order valence-corrected chi connectivity index (χ2v) is 4.85. The van der Waals surface area contributed by atoms with E-state index >= 15 is 0 Å². The van der Waals surface area contributed by atoms with Gasteiger partial charge in [-0.25, -0.2) is 0 Å². The molecule has 17 heavy (non-hydrogen) atoms. The fourth-order valence-electron chi connectivity index (χ4n) is 2.50. The number of nitrogens with one attached hydrogen (secondary N) is 1. The molecule has 92 valence electrons. The Kier molecular flexibility index (Phi) is 3.67. The van der Waals surface area contributed by atoms with Crippen molar-refractivity contribution in [2.45, 2.75) is 32.6 Å². The van der Waals surface area contributed by atoms with Crippen molar-refractivity contribution in [3.8, 4) is 0 Å². The summed E-state index contributed by atoms with van der Waals surface area (Å²) < 4.78 is 0. The van der Waals surface area contributed by atoms with Crippen molar-refractivity contribution < 1.29 is 0 Å². The van der Waals surface area contributed by atoms with E-state index in [1.54, 1.807) is 0 Å². The Hall–Kier alpha value is -1.51. The standard InChI is InChI=1S/C14H21N3/c1-11-6-7-13-12(10-11)4-2-8-17(13)9-3-5-14(15)16/h6-7,10H,2-5,8-9H2,1H3,(H3,15,16). The Morgan fingerprint density at radius 1 is 1.47 bits per heavy atom. The number of benzene rings is 1. The molecule has 0 aromatic heterocycles. The number of rotatable bonds is 4. The van der Waals surface area contributed by atoms with Gasteiger partial charge < -0.3 is 10.6 Å². The van der Waals surface area contributed by atoms with E-state index in [0.717, 1.165) is 19.5 Å². The number of aryl methyl sites for hydroxylation is 2. The van der Waals surface area contributed by atoms with Crippen LogP contribution >= 0.6 is 0 Å². The monoisotopic (exact) mass is 231 g/mol. The Labute approximate surface area is 103 Å². The van der Waals surface area contributed by atoms with Gasteiger partial charge in [-0.15, -0.1) is 0 Å². The zero-order chi connectivity index (χ0) is 12.3. The van der Waals surface area contributed by atoms with Gasteiger partial charge in [-0.3, -0.25) is 5.41 Å². The number of amidine groups is 1. The Morgan fingerprint density at radius 3 is 3.06 bits per heavy atom. The van der Waals surface area contributed by atoms with Crippen molar-refractivity contribution >= 4 is 11.5 Å². The maximum atomic E-state index is 7.24. The molecule has 2 rings (SSSR count). The second-order valence-electron chi connectivity index (χ2n) is 4.85. The van der Waals surface area contributed by atoms with Crippen LogP contribution in [0.3, 0.4) is 0 Å². The predicted octanol–water partition coefficient (Wildman–Crippen LogP) is 2.46. The minimum absolute atomic E-state index is 0.297. The van der Waals surface area contributed by atoms with E-state index < -0.39 is 0 Å². The molecule has 1 aromatic rings. The van der Waals surface area contributed by atoms with Gasteiger partial charge in [0.05, 0.1) is 5.84 Å². The molecule has 0 bridgehead atoms. The molecule has 1 aliphatic heterocycles. The maximum absolute atomic E-state index is 7.24. The van der Waals surface area contributed by atoms with Crippen LogP contribution in [0.1, 0.15) is 30.4 Å². The fraction of sp³-hybridized carbons (Fsp3) is 0.500. The largest absolute Gasteiger partial charge is 0.388 e.